The summed E-state index contributed by atoms with van der Waals surface area (Å²) in [6, 6.07) is 0. The second-order valence-electron chi connectivity index (χ2n) is 8.84. The van der Waals surface area contributed by atoms with Gasteiger partial charge in [0.15, 0.2) is 0 Å². The van der Waals surface area contributed by atoms with Gasteiger partial charge in [0.05, 0.1) is 19.8 Å². The molecule has 0 aliphatic carbocycles. The maximum absolute atomic E-state index is 13.3. The molecule has 0 heterocycles. The molecule has 0 N–H and O–H groups in total. The van der Waals surface area contributed by atoms with E-state index in [0.29, 0.717) is 25.0 Å². The molecule has 0 radical (unpaired) electrons. The average Bonchev–Trinajstić information content (AvgIpc) is 2.78. The van der Waals surface area contributed by atoms with Crippen LogP contribution in [0.2, 0.25) is 0 Å². The molecule has 0 aromatic rings. The smallest absolute Gasteiger partial charge is 0.287 e. The maximum Gasteiger partial charge on any atom is 0.475 e. The van der Waals surface area contributed by atoms with E-state index in [2.05, 4.69) is 40.7 Å². The summed E-state index contributed by atoms with van der Waals surface area (Å²) in [7, 11) is -3.54. The molecule has 5 heteroatoms. The lowest BCUT2D eigenvalue weighted by molar-refractivity contribution is 0.0903. The number of phosphoric ester groups is 1. The predicted octanol–water partition coefficient (Wildman–Crippen LogP) is 9.49. The van der Waals surface area contributed by atoms with Gasteiger partial charge in [0, 0.05) is 0 Å². The lowest BCUT2D eigenvalue weighted by atomic mass is 10.0. The van der Waals surface area contributed by atoms with Crippen LogP contribution in [0.5, 0.6) is 0 Å². The Morgan fingerprint density at radius 1 is 0.645 bits per heavy atom. The summed E-state index contributed by atoms with van der Waals surface area (Å²) in [5.74, 6) is 0.808. The highest BCUT2D eigenvalue weighted by Crippen LogP contribution is 2.50. The zero-order valence-corrected chi connectivity index (χ0v) is 22.3. The molecule has 0 saturated carbocycles. The fourth-order valence-electron chi connectivity index (χ4n) is 3.49. The van der Waals surface area contributed by atoms with Crippen molar-refractivity contribution in [3.05, 3.63) is 12.2 Å². The van der Waals surface area contributed by atoms with E-state index < -0.39 is 7.82 Å². The van der Waals surface area contributed by atoms with Gasteiger partial charge in [-0.15, -0.1) is 0 Å². The summed E-state index contributed by atoms with van der Waals surface area (Å²) in [5, 5.41) is 0. The summed E-state index contributed by atoms with van der Waals surface area (Å²) in [4.78, 5) is 0. The van der Waals surface area contributed by atoms with Crippen LogP contribution >= 0.6 is 7.82 Å². The highest BCUT2D eigenvalue weighted by Gasteiger charge is 2.28. The van der Waals surface area contributed by atoms with Gasteiger partial charge in [-0.3, -0.25) is 13.6 Å². The second kappa shape index (κ2) is 21.7. The fraction of sp³-hybridized carbons (Fsp3) is 0.923. The predicted molar refractivity (Wildman–Crippen MR) is 135 cm³/mol. The van der Waals surface area contributed by atoms with Crippen LogP contribution in [0.1, 0.15) is 125 Å². The van der Waals surface area contributed by atoms with Crippen molar-refractivity contribution in [1.29, 1.82) is 0 Å². The first-order chi connectivity index (χ1) is 15.0. The molecule has 0 aromatic heterocycles. The molecular weight excluding hydrogens is 407 g/mol. The quantitative estimate of drug-likeness (QED) is 0.0865. The Balaban J connectivity index is 4.64. The molecule has 0 fully saturated rings. The molecule has 0 saturated heterocycles. The first-order valence-corrected chi connectivity index (χ1v) is 14.7. The Kier molecular flexibility index (Phi) is 21.6. The zero-order chi connectivity index (χ0) is 23.2. The summed E-state index contributed by atoms with van der Waals surface area (Å²) in [6.07, 6.45) is 20.4. The van der Waals surface area contributed by atoms with Crippen LogP contribution in [0.3, 0.4) is 0 Å². The molecular formula is C26H53O4P. The van der Waals surface area contributed by atoms with E-state index in [9.17, 15) is 4.57 Å². The van der Waals surface area contributed by atoms with Gasteiger partial charge in [-0.25, -0.2) is 4.57 Å². The van der Waals surface area contributed by atoms with E-state index in [1.807, 2.05) is 6.08 Å². The Bertz CT molecular complexity index is 429. The summed E-state index contributed by atoms with van der Waals surface area (Å²) in [6.45, 7) is 12.1. The van der Waals surface area contributed by atoms with Crippen molar-refractivity contribution in [3.63, 3.8) is 0 Å². The van der Waals surface area contributed by atoms with Crippen molar-refractivity contribution >= 4 is 7.82 Å². The molecule has 0 aromatic carbocycles. The van der Waals surface area contributed by atoms with E-state index >= 15 is 0 Å². The number of allylic oxidation sites excluding steroid dienone is 1. The normalized spacial score (nSPS) is 15.9. The number of unbranched alkanes of at least 4 members (excludes halogenated alkanes) is 7. The van der Waals surface area contributed by atoms with Crippen molar-refractivity contribution in [2.75, 3.05) is 19.8 Å². The summed E-state index contributed by atoms with van der Waals surface area (Å²) < 4.78 is 30.7. The fourth-order valence-corrected chi connectivity index (χ4v) is 4.77. The van der Waals surface area contributed by atoms with E-state index in [-0.39, 0.29) is 6.61 Å². The number of hydrogen-bond donors (Lipinski definition) is 0. The van der Waals surface area contributed by atoms with Gasteiger partial charge < -0.3 is 0 Å². The minimum atomic E-state index is -3.54. The van der Waals surface area contributed by atoms with Crippen molar-refractivity contribution in [2.45, 2.75) is 125 Å². The third-order valence-corrected chi connectivity index (χ3v) is 7.39. The van der Waals surface area contributed by atoms with Gasteiger partial charge in [0.1, 0.15) is 0 Å². The minimum absolute atomic E-state index is 0.281. The lowest BCUT2D eigenvalue weighted by Gasteiger charge is -2.23. The molecule has 31 heavy (non-hydrogen) atoms. The SMILES string of the molecule is CCCCCCC/C=C/COP(=O)(OCC(CC)CCCC)OCC(CC)CCCC. The van der Waals surface area contributed by atoms with Crippen molar-refractivity contribution < 1.29 is 18.1 Å². The van der Waals surface area contributed by atoms with Crippen LogP contribution in [0.4, 0.5) is 0 Å². The van der Waals surface area contributed by atoms with Crippen LogP contribution < -0.4 is 0 Å². The molecule has 2 unspecified atom stereocenters. The van der Waals surface area contributed by atoms with E-state index in [0.717, 1.165) is 32.1 Å². The van der Waals surface area contributed by atoms with Crippen molar-refractivity contribution in [3.8, 4) is 0 Å². The molecule has 4 nitrogen and oxygen atoms in total. The van der Waals surface area contributed by atoms with Gasteiger partial charge in [0.25, 0.3) is 0 Å². The Morgan fingerprint density at radius 3 is 1.65 bits per heavy atom. The van der Waals surface area contributed by atoms with Crippen LogP contribution in [-0.2, 0) is 18.1 Å². The molecule has 0 spiro atoms. The van der Waals surface area contributed by atoms with Gasteiger partial charge in [0.2, 0.25) is 0 Å². The van der Waals surface area contributed by atoms with Crippen molar-refractivity contribution in [2.24, 2.45) is 11.8 Å². The monoisotopic (exact) mass is 460 g/mol. The first-order valence-electron chi connectivity index (χ1n) is 13.2. The molecule has 0 aliphatic heterocycles. The summed E-state index contributed by atoms with van der Waals surface area (Å²) in [5.41, 5.74) is 0. The second-order valence-corrected chi connectivity index (χ2v) is 10.5. The summed E-state index contributed by atoms with van der Waals surface area (Å²) >= 11 is 0. The van der Waals surface area contributed by atoms with Gasteiger partial charge in [-0.1, -0.05) is 111 Å². The Morgan fingerprint density at radius 2 is 1.16 bits per heavy atom. The van der Waals surface area contributed by atoms with E-state index in [1.165, 1.54) is 57.8 Å². The van der Waals surface area contributed by atoms with Crippen molar-refractivity contribution in [1.82, 2.24) is 0 Å². The molecule has 0 aliphatic rings. The van der Waals surface area contributed by atoms with E-state index in [4.69, 9.17) is 13.6 Å². The number of rotatable bonds is 23. The molecule has 2 atom stereocenters. The zero-order valence-electron chi connectivity index (χ0n) is 21.4. The standard InChI is InChI=1S/C26H53O4P/c1-6-11-14-15-16-17-18-19-22-28-31(27,29-23-25(9-4)20-12-7-2)30-24-26(10-5)21-13-8-3/h18-19,25-26H,6-17,20-24H2,1-5H3/b19-18+. The number of hydrogen-bond acceptors (Lipinski definition) is 4. The van der Waals surface area contributed by atoms with Gasteiger partial charge in [-0.05, 0) is 37.5 Å². The highest BCUT2D eigenvalue weighted by atomic mass is 31.2. The topological polar surface area (TPSA) is 44.8 Å². The van der Waals surface area contributed by atoms with Crippen LogP contribution in [0.25, 0.3) is 0 Å². The molecule has 0 bridgehead atoms. The first kappa shape index (κ1) is 30.9. The Labute approximate surface area is 194 Å². The van der Waals surface area contributed by atoms with Gasteiger partial charge >= 0.3 is 7.82 Å². The third-order valence-electron chi connectivity index (χ3n) is 5.99. The minimum Gasteiger partial charge on any atom is -0.287 e. The molecule has 0 rings (SSSR count). The molecule has 0 amide bonds. The van der Waals surface area contributed by atoms with Crippen LogP contribution in [0.15, 0.2) is 12.2 Å². The Hall–Kier alpha value is -0.150. The van der Waals surface area contributed by atoms with Crippen LogP contribution in [0, 0.1) is 11.8 Å². The van der Waals surface area contributed by atoms with Gasteiger partial charge in [-0.2, -0.15) is 0 Å². The third kappa shape index (κ3) is 18.0. The number of phosphoric acid groups is 1. The lowest BCUT2D eigenvalue weighted by Crippen LogP contribution is -2.13. The van der Waals surface area contributed by atoms with Crippen LogP contribution in [-0.4, -0.2) is 19.8 Å². The maximum atomic E-state index is 13.3. The highest BCUT2D eigenvalue weighted by molar-refractivity contribution is 7.48. The largest absolute Gasteiger partial charge is 0.475 e. The molecule has 186 valence electrons. The average molecular weight is 461 g/mol. The van der Waals surface area contributed by atoms with E-state index in [1.54, 1.807) is 0 Å².